The van der Waals surface area contributed by atoms with Crippen LogP contribution in [0.15, 0.2) is 0 Å². The SMILES string of the molecule is CC[C@@H]1[C@@H](O)C2C3CC[C@H]([C@H](C)CCCO)[C@@]3(C)CCC2[C@@]2(C)CC[C@H](O)C[C@@H]12.CC[C@@H]1[C@H](O)C2C3CC[C@H]([C@H](C)CCCO)[C@@]3(C)CCC2[C@@]2(C)CC[C@H](O)C[C@@H]12.CC[C@H]1[C@@H](O)C2C3CC[C@H]([C@H](C)CC(=O)O)[C@@]3(C)CCC2[C@@]2(C)CC[C@H](O)C[C@@H]12.CC[C@H]1[C@@H](O)C2C3CC[C@H]([C@H](C)CCC(=O)O)[C@@]3(C)CCC2[C@@]2(C)CC[C@H](O)C[C@@H]12.CC[C@H]1[C@H](O)C2C3CC[C@H]([C@H](C)CCCO)[C@@]3(C)CCC2[C@@]2(C)CC[C@H](O)C[C@@H]12. The van der Waals surface area contributed by atoms with Crippen molar-refractivity contribution < 1.29 is 86.2 Å². The molecule has 0 aromatic rings. The molecule has 842 valence electrons. The van der Waals surface area contributed by atoms with Crippen LogP contribution in [-0.4, -0.2) is 169 Å². The van der Waals surface area contributed by atoms with Gasteiger partial charge in [-0.25, -0.2) is 0 Å². The molecule has 55 atom stereocenters. The van der Waals surface area contributed by atoms with Gasteiger partial charge in [-0.3, -0.25) is 9.59 Å². The number of rotatable bonds is 24. The Morgan fingerprint density at radius 2 is 0.411 bits per heavy atom. The van der Waals surface area contributed by atoms with Crippen molar-refractivity contribution in [2.75, 3.05) is 19.8 Å². The molecule has 15 N–H and O–H groups in total. The molecule has 0 amide bonds. The lowest BCUT2D eigenvalue weighted by atomic mass is 9.41. The van der Waals surface area contributed by atoms with Gasteiger partial charge in [0.15, 0.2) is 0 Å². The van der Waals surface area contributed by atoms with Gasteiger partial charge in [-0.05, 0) is 531 Å². The van der Waals surface area contributed by atoms with Crippen LogP contribution in [0.2, 0.25) is 0 Å². The summed E-state index contributed by atoms with van der Waals surface area (Å²) in [7, 11) is 0. The summed E-state index contributed by atoms with van der Waals surface area (Å²) in [5.74, 6) is 16.6. The highest BCUT2D eigenvalue weighted by Gasteiger charge is 2.73. The molecule has 0 radical (unpaired) electrons. The van der Waals surface area contributed by atoms with E-state index in [-0.39, 0.29) is 107 Å². The quantitative estimate of drug-likeness (QED) is 0.0427. The van der Waals surface area contributed by atoms with Gasteiger partial charge < -0.3 is 76.6 Å². The number of aliphatic hydroxyl groups is 13. The summed E-state index contributed by atoms with van der Waals surface area (Å²) in [5, 5.41) is 157. The van der Waals surface area contributed by atoms with E-state index in [1.54, 1.807) is 0 Å². The number of aliphatic carboxylic acids is 2. The molecular weight excluding hydrogens is 1820 g/mol. The van der Waals surface area contributed by atoms with Crippen molar-refractivity contribution in [3.63, 3.8) is 0 Å². The molecule has 20 rings (SSSR count). The number of hydrogen-bond acceptors (Lipinski definition) is 15. The van der Waals surface area contributed by atoms with E-state index in [9.17, 15) is 81.1 Å². The summed E-state index contributed by atoms with van der Waals surface area (Å²) in [4.78, 5) is 22.5. The summed E-state index contributed by atoms with van der Waals surface area (Å²) < 4.78 is 0. The van der Waals surface area contributed by atoms with Crippen LogP contribution < -0.4 is 0 Å². The van der Waals surface area contributed by atoms with Crippen LogP contribution in [0.25, 0.3) is 0 Å². The molecule has 0 spiro atoms. The van der Waals surface area contributed by atoms with Crippen LogP contribution in [-0.2, 0) is 9.59 Å². The van der Waals surface area contributed by atoms with Crippen molar-refractivity contribution in [3.05, 3.63) is 0 Å². The monoisotopic (exact) mass is 2050 g/mol. The summed E-state index contributed by atoms with van der Waals surface area (Å²) in [6, 6.07) is 0. The van der Waals surface area contributed by atoms with Gasteiger partial charge in [0.1, 0.15) is 0 Å². The average Bonchev–Trinajstić information content (AvgIpc) is 1.49. The smallest absolute Gasteiger partial charge is 0.303 e. The summed E-state index contributed by atoms with van der Waals surface area (Å²) >= 11 is 0. The van der Waals surface area contributed by atoms with Gasteiger partial charge in [-0.1, -0.05) is 171 Å². The maximum Gasteiger partial charge on any atom is 0.303 e. The molecule has 0 aromatic carbocycles. The predicted molar refractivity (Wildman–Crippen MR) is 583 cm³/mol. The molecule has 17 heteroatoms. The largest absolute Gasteiger partial charge is 0.481 e. The van der Waals surface area contributed by atoms with Gasteiger partial charge in [0.05, 0.1) is 61.0 Å². The van der Waals surface area contributed by atoms with E-state index in [0.717, 1.165) is 210 Å². The van der Waals surface area contributed by atoms with E-state index < -0.39 is 11.9 Å². The van der Waals surface area contributed by atoms with Crippen LogP contribution in [0.3, 0.4) is 0 Å². The van der Waals surface area contributed by atoms with Crippen LogP contribution in [0, 0.1) is 261 Å². The number of carbonyl (C=O) groups is 2. The minimum atomic E-state index is -0.683. The first kappa shape index (κ1) is 117. The first-order valence-electron chi connectivity index (χ1n) is 63.2. The third kappa shape index (κ3) is 20.3. The van der Waals surface area contributed by atoms with E-state index in [1.807, 2.05) is 0 Å². The molecule has 20 saturated carbocycles. The third-order valence-corrected chi connectivity index (χ3v) is 54.5. The zero-order valence-electron chi connectivity index (χ0n) is 96.3. The second-order valence-electron chi connectivity index (χ2n) is 59.6. The fourth-order valence-electron chi connectivity index (χ4n) is 47.5. The number of carboxylic acids is 2. The lowest BCUT2D eigenvalue weighted by Crippen LogP contribution is -2.62. The van der Waals surface area contributed by atoms with Crippen molar-refractivity contribution in [3.8, 4) is 0 Å². The molecule has 0 aromatic heterocycles. The summed E-state index contributed by atoms with van der Waals surface area (Å²) in [6.07, 6.45) is 50.1. The molecule has 20 aliphatic rings. The first-order chi connectivity index (χ1) is 69.1. The Labute approximate surface area is 888 Å². The van der Waals surface area contributed by atoms with Crippen molar-refractivity contribution in [1.82, 2.24) is 0 Å². The van der Waals surface area contributed by atoms with Crippen molar-refractivity contribution >= 4 is 11.9 Å². The molecule has 17 nitrogen and oxygen atoms in total. The molecule has 146 heavy (non-hydrogen) atoms. The van der Waals surface area contributed by atoms with E-state index in [0.29, 0.717) is 230 Å². The maximum atomic E-state index is 11.7. The van der Waals surface area contributed by atoms with Gasteiger partial charge in [0.25, 0.3) is 0 Å². The first-order valence-corrected chi connectivity index (χ1v) is 63.2. The van der Waals surface area contributed by atoms with Gasteiger partial charge >= 0.3 is 11.9 Å². The second-order valence-corrected chi connectivity index (χ2v) is 59.6. The second kappa shape index (κ2) is 46.0. The number of fused-ring (bicyclic) bond motifs is 25. The Balaban J connectivity index is 0.000000131. The number of carboxylic acid groups (broad SMARTS) is 2. The van der Waals surface area contributed by atoms with Crippen LogP contribution in [0.5, 0.6) is 0 Å². The highest BCUT2D eigenvalue weighted by molar-refractivity contribution is 5.67. The van der Waals surface area contributed by atoms with Crippen LogP contribution in [0.4, 0.5) is 0 Å². The Bertz CT molecular complexity index is 3980. The summed E-state index contributed by atoms with van der Waals surface area (Å²) in [6.45, 7) is 48.8. The Morgan fingerprint density at radius 1 is 0.233 bits per heavy atom. The van der Waals surface area contributed by atoms with Crippen molar-refractivity contribution in [1.29, 1.82) is 0 Å². The zero-order valence-corrected chi connectivity index (χ0v) is 96.3. The third-order valence-electron chi connectivity index (χ3n) is 54.5. The molecule has 20 aliphatic carbocycles. The average molecular weight is 2050 g/mol. The fourth-order valence-corrected chi connectivity index (χ4v) is 47.5. The topological polar surface area (TPSA) is 338 Å². The van der Waals surface area contributed by atoms with E-state index in [1.165, 1.54) is 109 Å². The van der Waals surface area contributed by atoms with Gasteiger partial charge in [-0.2, -0.15) is 0 Å². The molecule has 0 aliphatic heterocycles. The van der Waals surface area contributed by atoms with Gasteiger partial charge in [0.2, 0.25) is 0 Å². The molecule has 0 saturated heterocycles. The predicted octanol–water partition coefficient (Wildman–Crippen LogP) is 24.9. The lowest BCUT2D eigenvalue weighted by Gasteiger charge is -2.64. The van der Waals surface area contributed by atoms with Crippen molar-refractivity contribution in [2.24, 2.45) is 261 Å². The Hall–Kier alpha value is -1.58. The summed E-state index contributed by atoms with van der Waals surface area (Å²) in [5.41, 5.74) is 2.83. The maximum absolute atomic E-state index is 11.7. The van der Waals surface area contributed by atoms with E-state index in [2.05, 4.69) is 138 Å². The molecular formula is C129H224O17. The van der Waals surface area contributed by atoms with Crippen molar-refractivity contribution in [2.45, 2.75) is 514 Å². The minimum absolute atomic E-state index is 0.159. The lowest BCUT2D eigenvalue weighted by molar-refractivity contribution is -0.203. The highest BCUT2D eigenvalue weighted by atomic mass is 16.4. The van der Waals surface area contributed by atoms with Gasteiger partial charge in [-0.15, -0.1) is 0 Å². The zero-order chi connectivity index (χ0) is 106. The molecule has 0 bridgehead atoms. The normalized spacial score (nSPS) is 52.7. The fraction of sp³-hybridized carbons (Fsp3) is 0.984. The molecule has 15 unspecified atom stereocenters. The number of hydrogen-bond donors (Lipinski definition) is 15. The molecule has 20 fully saturated rings. The Morgan fingerprint density at radius 3 is 0.589 bits per heavy atom. The Kier molecular flexibility index (Phi) is 36.8. The van der Waals surface area contributed by atoms with E-state index in [4.69, 9.17) is 5.11 Å². The van der Waals surface area contributed by atoms with Crippen LogP contribution >= 0.6 is 0 Å². The van der Waals surface area contributed by atoms with E-state index >= 15 is 0 Å². The number of aliphatic hydroxyl groups excluding tert-OH is 13. The van der Waals surface area contributed by atoms with Crippen LogP contribution in [0.1, 0.15) is 453 Å². The van der Waals surface area contributed by atoms with Gasteiger partial charge in [0, 0.05) is 32.7 Å². The standard InChI is InChI=1S/C26H44O4.3C26H46O3.C25H42O4/c1-5-17-21-14-16(27)10-12-26(21,4)20-11-13-25(3)18(15(2)6-9-22(28)29)7-8-19(25)23(20)24(17)30;3*1-5-18-22-15-17(28)10-12-26(22,4)21-11-13-25(3)19(16(2)7-6-14-27)8-9-20(25)23(21)24(18)29;1-5-16-20-13-15(26)8-10-25(20,4)19-9-11-24(3)17(14(2)12-21(27)28)6-7-18(24)22(19)23(16)29/h15-21,23-24,27,30H,5-14H2,1-4H3,(H,28,29);3*16-24,27-29H,5-15H2,1-4H3;14-20,22-23,26,29H,5-13H2,1-4H3,(H,27,28)/t15-,16+,17-,18-,19?,20?,21+,23?,24-,25-,26-;16-,17+,18+,19-,20?,21?,22+,23?,24+,25-,26-;16-,17+,18+,19-,20?,21?,22+,23?,24-,25-,26-;16-,17+,18-,19-,20?,21?,22+,23?,24+,25-,26-;14-,15+,16-,17-,18?,19?,20+,22?,23-,24-,25-/m11111/s1. The highest BCUT2D eigenvalue weighted by Crippen LogP contribution is 2.78. The minimum Gasteiger partial charge on any atom is -0.481 e. The molecule has 0 heterocycles.